The van der Waals surface area contributed by atoms with Gasteiger partial charge in [0.15, 0.2) is 5.78 Å². The lowest BCUT2D eigenvalue weighted by Gasteiger charge is -2.39. The van der Waals surface area contributed by atoms with Crippen molar-refractivity contribution in [3.8, 4) is 0 Å². The summed E-state index contributed by atoms with van der Waals surface area (Å²) in [4.78, 5) is 12.3. The lowest BCUT2D eigenvalue weighted by Crippen LogP contribution is -2.30. The van der Waals surface area contributed by atoms with Crippen molar-refractivity contribution in [1.29, 1.82) is 0 Å². The first-order valence-corrected chi connectivity index (χ1v) is 7.47. The number of carbonyl (C=O) groups is 1. The summed E-state index contributed by atoms with van der Waals surface area (Å²) in [5.74, 6) is 1.24. The van der Waals surface area contributed by atoms with E-state index in [9.17, 15) is 4.79 Å². The van der Waals surface area contributed by atoms with Crippen LogP contribution in [0.4, 0.5) is 0 Å². The molecule has 3 aliphatic carbocycles. The quantitative estimate of drug-likeness (QED) is 0.636. The number of hydrogen-bond donors (Lipinski definition) is 0. The average Bonchev–Trinajstić information content (AvgIpc) is 2.69. The molecule has 0 saturated heterocycles. The molecule has 0 aromatic carbocycles. The van der Waals surface area contributed by atoms with E-state index in [2.05, 4.69) is 32.7 Å². The van der Waals surface area contributed by atoms with Crippen molar-refractivity contribution >= 4 is 5.78 Å². The van der Waals surface area contributed by atoms with Gasteiger partial charge in [-0.3, -0.25) is 4.79 Å². The first-order chi connectivity index (χ1) is 9.50. The molecule has 0 radical (unpaired) electrons. The molecular formula is C19H22O. The summed E-state index contributed by atoms with van der Waals surface area (Å²) in [7, 11) is 0. The van der Waals surface area contributed by atoms with Gasteiger partial charge in [0, 0.05) is 11.5 Å². The molecule has 1 nitrogen and oxygen atoms in total. The van der Waals surface area contributed by atoms with Gasteiger partial charge in [0.05, 0.1) is 0 Å². The van der Waals surface area contributed by atoms with Gasteiger partial charge in [-0.2, -0.15) is 0 Å². The molecule has 0 N–H and O–H groups in total. The Labute approximate surface area is 121 Å². The van der Waals surface area contributed by atoms with E-state index in [0.717, 1.165) is 36.8 Å². The molecule has 20 heavy (non-hydrogen) atoms. The summed E-state index contributed by atoms with van der Waals surface area (Å²) in [6, 6.07) is 0. The molecule has 3 rings (SSSR count). The van der Waals surface area contributed by atoms with E-state index in [1.807, 2.05) is 0 Å². The predicted octanol–water partition coefficient (Wildman–Crippen LogP) is 4.55. The molecule has 0 bridgehead atoms. The van der Waals surface area contributed by atoms with Crippen molar-refractivity contribution in [2.24, 2.45) is 17.8 Å². The molecule has 1 fully saturated rings. The maximum atomic E-state index is 12.3. The van der Waals surface area contributed by atoms with Crippen LogP contribution in [0.1, 0.15) is 32.6 Å². The fraction of sp³-hybridized carbons (Fsp3) is 0.421. The van der Waals surface area contributed by atoms with Crippen LogP contribution in [-0.4, -0.2) is 5.78 Å². The van der Waals surface area contributed by atoms with Crippen LogP contribution in [0.15, 0.2) is 59.8 Å². The fourth-order valence-electron chi connectivity index (χ4n) is 4.13. The van der Waals surface area contributed by atoms with E-state index in [4.69, 9.17) is 0 Å². The highest BCUT2D eigenvalue weighted by Crippen LogP contribution is 2.51. The Morgan fingerprint density at radius 2 is 2.00 bits per heavy atom. The lowest BCUT2D eigenvalue weighted by molar-refractivity contribution is -0.111. The normalized spacial score (nSPS) is 33.0. The van der Waals surface area contributed by atoms with Crippen LogP contribution in [0.25, 0.3) is 0 Å². The largest absolute Gasteiger partial charge is 0.290 e. The molecule has 0 aromatic rings. The van der Waals surface area contributed by atoms with Crippen LogP contribution in [-0.2, 0) is 4.79 Å². The zero-order chi connectivity index (χ0) is 14.4. The molecule has 104 valence electrons. The monoisotopic (exact) mass is 266 g/mol. The number of carbonyl (C=O) groups excluding carboxylic acids is 1. The number of rotatable bonds is 1. The van der Waals surface area contributed by atoms with Gasteiger partial charge in [0.1, 0.15) is 0 Å². The molecular weight excluding hydrogens is 244 g/mol. The summed E-state index contributed by atoms with van der Waals surface area (Å²) >= 11 is 0. The zero-order valence-corrected chi connectivity index (χ0v) is 12.2. The molecule has 1 saturated carbocycles. The van der Waals surface area contributed by atoms with E-state index in [0.29, 0.717) is 11.8 Å². The third-order valence-corrected chi connectivity index (χ3v) is 5.16. The Morgan fingerprint density at radius 3 is 2.70 bits per heavy atom. The van der Waals surface area contributed by atoms with Crippen LogP contribution in [0.5, 0.6) is 0 Å². The van der Waals surface area contributed by atoms with E-state index in [1.54, 1.807) is 6.08 Å². The molecule has 0 aromatic heterocycles. The molecule has 0 aliphatic heterocycles. The minimum atomic E-state index is 0.182. The molecule has 0 spiro atoms. The van der Waals surface area contributed by atoms with Crippen LogP contribution >= 0.6 is 0 Å². The van der Waals surface area contributed by atoms with Gasteiger partial charge in [-0.1, -0.05) is 42.5 Å². The van der Waals surface area contributed by atoms with Gasteiger partial charge in [-0.05, 0) is 56.1 Å². The SMILES string of the molecule is C=C1CCC2=C1C1C(=C)CC[C@H](C(=C)C)[C@H]1C=CC2=O. The summed E-state index contributed by atoms with van der Waals surface area (Å²) in [6.07, 6.45) is 7.81. The molecule has 3 aliphatic rings. The smallest absolute Gasteiger partial charge is 0.181 e. The molecule has 3 atom stereocenters. The first-order valence-electron chi connectivity index (χ1n) is 7.47. The highest BCUT2D eigenvalue weighted by Gasteiger charge is 2.41. The summed E-state index contributed by atoms with van der Waals surface area (Å²) in [5, 5.41) is 0. The van der Waals surface area contributed by atoms with Crippen LogP contribution in [0.2, 0.25) is 0 Å². The van der Waals surface area contributed by atoms with Gasteiger partial charge >= 0.3 is 0 Å². The first kappa shape index (κ1) is 13.4. The van der Waals surface area contributed by atoms with Gasteiger partial charge in [-0.25, -0.2) is 0 Å². The van der Waals surface area contributed by atoms with Gasteiger partial charge < -0.3 is 0 Å². The van der Waals surface area contributed by atoms with E-state index in [-0.39, 0.29) is 11.7 Å². The van der Waals surface area contributed by atoms with Gasteiger partial charge in [-0.15, -0.1) is 0 Å². The van der Waals surface area contributed by atoms with Crippen molar-refractivity contribution in [3.05, 3.63) is 59.8 Å². The summed E-state index contributed by atoms with van der Waals surface area (Å²) < 4.78 is 0. The second-order valence-corrected chi connectivity index (χ2v) is 6.42. The van der Waals surface area contributed by atoms with Crippen LogP contribution in [0, 0.1) is 17.8 Å². The third kappa shape index (κ3) is 1.88. The van der Waals surface area contributed by atoms with Crippen molar-refractivity contribution in [2.75, 3.05) is 0 Å². The standard InChI is InChI=1S/C19H22O/c1-11(2)14-7-5-12(3)18-15(14)9-10-17(20)16-8-6-13(4)19(16)18/h9-10,14-15,18H,1,3-8H2,2H3/t14-,15-,18?/m1/s1. The maximum Gasteiger partial charge on any atom is 0.181 e. The Hall–Kier alpha value is -1.63. The van der Waals surface area contributed by atoms with Gasteiger partial charge in [0.25, 0.3) is 0 Å². The number of ketones is 1. The van der Waals surface area contributed by atoms with Crippen LogP contribution in [0.3, 0.4) is 0 Å². The maximum absolute atomic E-state index is 12.3. The molecule has 0 amide bonds. The number of allylic oxidation sites excluding steroid dienone is 7. The fourth-order valence-corrected chi connectivity index (χ4v) is 4.13. The summed E-state index contributed by atoms with van der Waals surface area (Å²) in [6.45, 7) is 14.8. The minimum Gasteiger partial charge on any atom is -0.290 e. The van der Waals surface area contributed by atoms with Gasteiger partial charge in [0.2, 0.25) is 0 Å². The second-order valence-electron chi connectivity index (χ2n) is 6.42. The van der Waals surface area contributed by atoms with E-state index >= 15 is 0 Å². The number of hydrogen-bond acceptors (Lipinski definition) is 1. The number of fused-ring (bicyclic) bond motifs is 2. The highest BCUT2D eigenvalue weighted by molar-refractivity contribution is 6.06. The van der Waals surface area contributed by atoms with Crippen molar-refractivity contribution in [1.82, 2.24) is 0 Å². The van der Waals surface area contributed by atoms with E-state index in [1.165, 1.54) is 16.7 Å². The van der Waals surface area contributed by atoms with Crippen molar-refractivity contribution in [2.45, 2.75) is 32.6 Å². The summed E-state index contributed by atoms with van der Waals surface area (Å²) in [5.41, 5.74) is 5.83. The Bertz CT molecular complexity index is 585. The van der Waals surface area contributed by atoms with Crippen LogP contribution < -0.4 is 0 Å². The molecule has 0 heterocycles. The highest BCUT2D eigenvalue weighted by atomic mass is 16.1. The molecule has 1 heteroatoms. The topological polar surface area (TPSA) is 17.1 Å². The van der Waals surface area contributed by atoms with E-state index < -0.39 is 0 Å². The van der Waals surface area contributed by atoms with Crippen molar-refractivity contribution in [3.63, 3.8) is 0 Å². The third-order valence-electron chi connectivity index (χ3n) is 5.16. The predicted molar refractivity (Wildman–Crippen MR) is 83.2 cm³/mol. The zero-order valence-electron chi connectivity index (χ0n) is 12.2. The Morgan fingerprint density at radius 1 is 1.25 bits per heavy atom. The Balaban J connectivity index is 2.14. The molecule has 1 unspecified atom stereocenters. The lowest BCUT2D eigenvalue weighted by atomic mass is 9.64. The Kier molecular flexibility index (Phi) is 3.16. The van der Waals surface area contributed by atoms with Crippen molar-refractivity contribution < 1.29 is 4.79 Å². The minimum absolute atomic E-state index is 0.182. The average molecular weight is 266 g/mol. The second kappa shape index (κ2) is 4.73.